The summed E-state index contributed by atoms with van der Waals surface area (Å²) in [6.45, 7) is 16.8. The predicted molar refractivity (Wildman–Crippen MR) is 77.4 cm³/mol. The molecule has 0 N–H and O–H groups in total. The highest BCUT2D eigenvalue weighted by atomic mass is 15.2. The molecule has 1 nitrogen and oxygen atoms in total. The van der Waals surface area contributed by atoms with Crippen LogP contribution in [0.3, 0.4) is 0 Å². The lowest BCUT2D eigenvalue weighted by Gasteiger charge is -2.34. The molecule has 1 unspecified atom stereocenters. The molecule has 1 heterocycles. The van der Waals surface area contributed by atoms with E-state index in [0.717, 1.165) is 5.92 Å². The highest BCUT2D eigenvalue weighted by Crippen LogP contribution is 2.30. The monoisotopic (exact) mass is 239 g/mol. The minimum Gasteiger partial charge on any atom is -0.298 e. The smallest absolute Gasteiger partial charge is 0.0125 e. The summed E-state index contributed by atoms with van der Waals surface area (Å²) in [4.78, 5) is 2.67. The van der Waals surface area contributed by atoms with Crippen LogP contribution >= 0.6 is 0 Å². The van der Waals surface area contributed by atoms with Gasteiger partial charge in [-0.25, -0.2) is 0 Å². The van der Waals surface area contributed by atoms with Crippen LogP contribution in [-0.2, 0) is 0 Å². The maximum Gasteiger partial charge on any atom is 0.0125 e. The third kappa shape index (κ3) is 5.90. The van der Waals surface area contributed by atoms with E-state index in [1.54, 1.807) is 0 Å². The number of rotatable bonds is 2. The first-order chi connectivity index (χ1) is 7.68. The molecular weight excluding hydrogens is 206 g/mol. The minimum absolute atomic E-state index is 0.360. The number of hydrogen-bond donors (Lipinski definition) is 0. The van der Waals surface area contributed by atoms with E-state index in [1.165, 1.54) is 45.2 Å². The summed E-state index contributed by atoms with van der Waals surface area (Å²) < 4.78 is 0. The molecule has 0 saturated carbocycles. The number of likely N-dealkylation sites (tertiary alicyclic amines) is 1. The fourth-order valence-corrected chi connectivity index (χ4v) is 2.76. The fraction of sp³-hybridized carbons (Fsp3) is 1.00. The van der Waals surface area contributed by atoms with Crippen molar-refractivity contribution in [2.45, 2.75) is 79.2 Å². The Morgan fingerprint density at radius 2 is 1.59 bits per heavy atom. The van der Waals surface area contributed by atoms with Gasteiger partial charge in [0.05, 0.1) is 0 Å². The lowest BCUT2D eigenvalue weighted by Crippen LogP contribution is -2.41. The van der Waals surface area contributed by atoms with Gasteiger partial charge in [0.25, 0.3) is 0 Å². The molecule has 1 aliphatic rings. The number of nitrogens with zero attached hydrogens (tertiary/aromatic N) is 1. The Balaban J connectivity index is 2.38. The van der Waals surface area contributed by atoms with E-state index in [9.17, 15) is 0 Å². The maximum atomic E-state index is 2.67. The Kier molecular flexibility index (Phi) is 5.07. The Morgan fingerprint density at radius 1 is 0.941 bits per heavy atom. The third-order valence-electron chi connectivity index (χ3n) is 4.10. The summed E-state index contributed by atoms with van der Waals surface area (Å²) >= 11 is 0. The lowest BCUT2D eigenvalue weighted by atomic mass is 9.84. The Hall–Kier alpha value is -0.0400. The van der Waals surface area contributed by atoms with E-state index in [1.807, 2.05) is 0 Å². The van der Waals surface area contributed by atoms with E-state index in [2.05, 4.69) is 46.4 Å². The van der Waals surface area contributed by atoms with Gasteiger partial charge in [0.2, 0.25) is 0 Å². The zero-order valence-electron chi connectivity index (χ0n) is 13.0. The summed E-state index contributed by atoms with van der Waals surface area (Å²) in [5.74, 6) is 0.974. The molecule has 0 aromatic rings. The van der Waals surface area contributed by atoms with Crippen LogP contribution in [0.25, 0.3) is 0 Å². The summed E-state index contributed by atoms with van der Waals surface area (Å²) in [6.07, 6.45) is 7.07. The van der Waals surface area contributed by atoms with Crippen molar-refractivity contribution in [3.8, 4) is 0 Å². The molecule has 0 radical (unpaired) electrons. The molecule has 102 valence electrons. The van der Waals surface area contributed by atoms with Crippen LogP contribution in [-0.4, -0.2) is 23.5 Å². The molecule has 0 aromatic carbocycles. The standard InChI is InChI=1S/C16H33N/c1-15(2,3)11-9-14-8-7-12-17(13-10-14)16(4,5)6/h14H,7-13H2,1-6H3. The van der Waals surface area contributed by atoms with Crippen molar-refractivity contribution in [3.63, 3.8) is 0 Å². The molecule has 0 aliphatic carbocycles. The normalized spacial score (nSPS) is 24.7. The van der Waals surface area contributed by atoms with Crippen molar-refractivity contribution in [1.82, 2.24) is 4.90 Å². The lowest BCUT2D eigenvalue weighted by molar-refractivity contribution is 0.140. The van der Waals surface area contributed by atoms with Crippen molar-refractivity contribution in [2.75, 3.05) is 13.1 Å². The SMILES string of the molecule is CC(C)(C)CCC1CCCN(C(C)(C)C)CC1. The zero-order chi connectivity index (χ0) is 13.1. The zero-order valence-corrected chi connectivity index (χ0v) is 13.0. The predicted octanol–water partition coefficient (Wildman–Crippen LogP) is 4.71. The summed E-state index contributed by atoms with van der Waals surface area (Å²) in [5.41, 5.74) is 0.870. The minimum atomic E-state index is 0.360. The van der Waals surface area contributed by atoms with Crippen LogP contribution in [0.4, 0.5) is 0 Å². The molecule has 0 amide bonds. The fourth-order valence-electron chi connectivity index (χ4n) is 2.76. The maximum absolute atomic E-state index is 2.67. The van der Waals surface area contributed by atoms with E-state index in [-0.39, 0.29) is 0 Å². The largest absolute Gasteiger partial charge is 0.298 e. The van der Waals surface area contributed by atoms with Crippen molar-refractivity contribution >= 4 is 0 Å². The van der Waals surface area contributed by atoms with Crippen LogP contribution < -0.4 is 0 Å². The highest BCUT2D eigenvalue weighted by molar-refractivity contribution is 4.80. The first-order valence-corrected chi connectivity index (χ1v) is 7.43. The van der Waals surface area contributed by atoms with Crippen LogP contribution in [0.2, 0.25) is 0 Å². The first-order valence-electron chi connectivity index (χ1n) is 7.43. The topological polar surface area (TPSA) is 3.24 Å². The average molecular weight is 239 g/mol. The molecule has 1 saturated heterocycles. The van der Waals surface area contributed by atoms with Gasteiger partial charge >= 0.3 is 0 Å². The van der Waals surface area contributed by atoms with E-state index >= 15 is 0 Å². The van der Waals surface area contributed by atoms with Crippen molar-refractivity contribution in [1.29, 1.82) is 0 Å². The number of hydrogen-bond acceptors (Lipinski definition) is 1. The summed E-state index contributed by atoms with van der Waals surface area (Å²) in [5, 5.41) is 0. The molecule has 1 atom stereocenters. The van der Waals surface area contributed by atoms with Gasteiger partial charge in [-0.2, -0.15) is 0 Å². The van der Waals surface area contributed by atoms with Crippen molar-refractivity contribution in [3.05, 3.63) is 0 Å². The molecule has 1 fully saturated rings. The van der Waals surface area contributed by atoms with Crippen LogP contribution in [0.1, 0.15) is 73.6 Å². The van der Waals surface area contributed by atoms with Crippen LogP contribution in [0.5, 0.6) is 0 Å². The van der Waals surface area contributed by atoms with E-state index in [4.69, 9.17) is 0 Å². The molecule has 17 heavy (non-hydrogen) atoms. The third-order valence-corrected chi connectivity index (χ3v) is 4.10. The summed E-state index contributed by atoms with van der Waals surface area (Å²) in [7, 11) is 0. The van der Waals surface area contributed by atoms with Crippen molar-refractivity contribution < 1.29 is 0 Å². The van der Waals surface area contributed by atoms with Gasteiger partial charge in [-0.1, -0.05) is 20.8 Å². The van der Waals surface area contributed by atoms with Crippen LogP contribution in [0.15, 0.2) is 0 Å². The van der Waals surface area contributed by atoms with Gasteiger partial charge in [0, 0.05) is 5.54 Å². The van der Waals surface area contributed by atoms with Gasteiger partial charge in [-0.3, -0.25) is 4.90 Å². The van der Waals surface area contributed by atoms with Gasteiger partial charge in [0.1, 0.15) is 0 Å². The Bertz CT molecular complexity index is 219. The first kappa shape index (κ1) is 15.0. The quantitative estimate of drug-likeness (QED) is 0.674. The highest BCUT2D eigenvalue weighted by Gasteiger charge is 2.25. The van der Waals surface area contributed by atoms with Gasteiger partial charge in [-0.05, 0) is 77.3 Å². The van der Waals surface area contributed by atoms with E-state index in [0.29, 0.717) is 11.0 Å². The van der Waals surface area contributed by atoms with E-state index < -0.39 is 0 Å². The van der Waals surface area contributed by atoms with Crippen LogP contribution in [0, 0.1) is 11.3 Å². The molecule has 1 aliphatic heterocycles. The van der Waals surface area contributed by atoms with Crippen molar-refractivity contribution in [2.24, 2.45) is 11.3 Å². The summed E-state index contributed by atoms with van der Waals surface area (Å²) in [6, 6.07) is 0. The molecule has 1 rings (SSSR count). The Labute approximate surface area is 109 Å². The molecule has 0 aromatic heterocycles. The second kappa shape index (κ2) is 5.73. The molecule has 1 heteroatoms. The van der Waals surface area contributed by atoms with Gasteiger partial charge < -0.3 is 0 Å². The average Bonchev–Trinajstić information content (AvgIpc) is 2.37. The van der Waals surface area contributed by atoms with Gasteiger partial charge in [-0.15, -0.1) is 0 Å². The van der Waals surface area contributed by atoms with Gasteiger partial charge in [0.15, 0.2) is 0 Å². The second-order valence-corrected chi connectivity index (χ2v) is 8.05. The molecule has 0 bridgehead atoms. The molecule has 0 spiro atoms. The molecular formula is C16H33N. The Morgan fingerprint density at radius 3 is 2.12 bits per heavy atom. The second-order valence-electron chi connectivity index (χ2n) is 8.05.